The van der Waals surface area contributed by atoms with Crippen LogP contribution in [-0.2, 0) is 0 Å². The highest BCUT2D eigenvalue weighted by Gasteiger charge is 2.08. The van der Waals surface area contributed by atoms with Crippen LogP contribution in [0.25, 0.3) is 0 Å². The predicted molar refractivity (Wildman–Crippen MR) is 73.2 cm³/mol. The van der Waals surface area contributed by atoms with E-state index >= 15 is 0 Å². The van der Waals surface area contributed by atoms with Gasteiger partial charge in [0.15, 0.2) is 0 Å². The first-order valence-electron chi connectivity index (χ1n) is 5.30. The van der Waals surface area contributed by atoms with Crippen LogP contribution in [0.2, 0.25) is 0 Å². The Hall–Kier alpha value is -1.19. The zero-order chi connectivity index (χ0) is 12.0. The maximum atomic E-state index is 6.07. The van der Waals surface area contributed by atoms with Crippen LogP contribution in [0.4, 0.5) is 0 Å². The molecule has 0 spiro atoms. The van der Waals surface area contributed by atoms with Gasteiger partial charge in [-0.15, -0.1) is 19.0 Å². The topological polar surface area (TPSA) is 44.5 Å². The number of hydrogen-bond donors (Lipinski definition) is 1. The van der Waals surface area contributed by atoms with Crippen molar-refractivity contribution in [3.8, 4) is 11.5 Å². The molecule has 0 heterocycles. The second-order valence-corrected chi connectivity index (χ2v) is 3.62. The Morgan fingerprint density at radius 3 is 2.18 bits per heavy atom. The minimum absolute atomic E-state index is 0. The molecule has 1 atom stereocenters. The number of hydrogen-bond acceptors (Lipinski definition) is 3. The van der Waals surface area contributed by atoms with Gasteiger partial charge in [0.25, 0.3) is 0 Å². The van der Waals surface area contributed by atoms with E-state index in [1.165, 1.54) is 0 Å². The third-order valence-electron chi connectivity index (χ3n) is 2.48. The van der Waals surface area contributed by atoms with Gasteiger partial charge in [-0.25, -0.2) is 0 Å². The highest BCUT2D eigenvalue weighted by atomic mass is 35.5. The summed E-state index contributed by atoms with van der Waals surface area (Å²) in [5.74, 6) is 1.53. The van der Waals surface area contributed by atoms with E-state index in [0.29, 0.717) is 0 Å². The maximum absolute atomic E-state index is 6.07. The van der Waals surface area contributed by atoms with Crippen molar-refractivity contribution in [3.63, 3.8) is 0 Å². The largest absolute Gasteiger partial charge is 0.497 e. The number of rotatable bonds is 6. The first-order chi connectivity index (χ1) is 7.71. The minimum atomic E-state index is -0.0120. The Morgan fingerprint density at radius 1 is 1.24 bits per heavy atom. The lowest BCUT2D eigenvalue weighted by molar-refractivity contribution is 0.392. The first-order valence-corrected chi connectivity index (χ1v) is 5.30. The zero-order valence-corrected chi connectivity index (χ0v) is 11.1. The van der Waals surface area contributed by atoms with Crippen LogP contribution in [0.5, 0.6) is 11.5 Å². The fourth-order valence-electron chi connectivity index (χ4n) is 1.51. The van der Waals surface area contributed by atoms with E-state index < -0.39 is 0 Å². The number of allylic oxidation sites excluding steroid dienone is 1. The van der Waals surface area contributed by atoms with Gasteiger partial charge in [-0.1, -0.05) is 6.08 Å². The van der Waals surface area contributed by atoms with Gasteiger partial charge >= 0.3 is 0 Å². The summed E-state index contributed by atoms with van der Waals surface area (Å²) in [7, 11) is 3.27. The van der Waals surface area contributed by atoms with Crippen molar-refractivity contribution < 1.29 is 9.47 Å². The lowest BCUT2D eigenvalue weighted by Crippen LogP contribution is -2.10. The Bertz CT molecular complexity index is 333. The average Bonchev–Trinajstić information content (AvgIpc) is 2.35. The summed E-state index contributed by atoms with van der Waals surface area (Å²) in [6.07, 6.45) is 3.65. The minimum Gasteiger partial charge on any atom is -0.497 e. The summed E-state index contributed by atoms with van der Waals surface area (Å²) in [6, 6.07) is 5.71. The molecule has 1 aromatic carbocycles. The molecule has 0 unspecified atom stereocenters. The van der Waals surface area contributed by atoms with E-state index in [1.54, 1.807) is 14.2 Å². The molecule has 3 nitrogen and oxygen atoms in total. The summed E-state index contributed by atoms with van der Waals surface area (Å²) >= 11 is 0. The summed E-state index contributed by atoms with van der Waals surface area (Å²) in [5, 5.41) is 0. The van der Waals surface area contributed by atoms with Gasteiger partial charge < -0.3 is 15.2 Å². The van der Waals surface area contributed by atoms with E-state index in [4.69, 9.17) is 15.2 Å². The van der Waals surface area contributed by atoms with Crippen LogP contribution in [0.15, 0.2) is 30.9 Å². The summed E-state index contributed by atoms with van der Waals surface area (Å²) in [6.45, 7) is 3.69. The summed E-state index contributed by atoms with van der Waals surface area (Å²) in [5.41, 5.74) is 7.10. The van der Waals surface area contributed by atoms with Crippen LogP contribution in [0.3, 0.4) is 0 Å². The third-order valence-corrected chi connectivity index (χ3v) is 2.48. The molecule has 0 saturated carbocycles. The van der Waals surface area contributed by atoms with Crippen molar-refractivity contribution in [2.24, 2.45) is 5.73 Å². The van der Waals surface area contributed by atoms with Crippen LogP contribution in [0, 0.1) is 0 Å². The van der Waals surface area contributed by atoms with E-state index in [-0.39, 0.29) is 18.4 Å². The smallest absolute Gasteiger partial charge is 0.122 e. The van der Waals surface area contributed by atoms with E-state index in [9.17, 15) is 0 Å². The molecule has 2 N–H and O–H groups in total. The average molecular weight is 258 g/mol. The van der Waals surface area contributed by atoms with Gasteiger partial charge in [-0.2, -0.15) is 0 Å². The van der Waals surface area contributed by atoms with Crippen molar-refractivity contribution in [1.82, 2.24) is 0 Å². The molecule has 0 amide bonds. The van der Waals surface area contributed by atoms with E-state index in [2.05, 4.69) is 6.58 Å². The lowest BCUT2D eigenvalue weighted by Gasteiger charge is -2.13. The monoisotopic (exact) mass is 257 g/mol. The number of halogens is 1. The molecule has 0 bridgehead atoms. The maximum Gasteiger partial charge on any atom is 0.122 e. The summed E-state index contributed by atoms with van der Waals surface area (Å²) in [4.78, 5) is 0. The number of ether oxygens (including phenoxy) is 2. The van der Waals surface area contributed by atoms with Gasteiger partial charge in [0.2, 0.25) is 0 Å². The SMILES string of the molecule is C=CCC[C@@H](N)c1cc(OC)cc(OC)c1.Cl. The van der Waals surface area contributed by atoms with Crippen LogP contribution >= 0.6 is 12.4 Å². The molecule has 96 valence electrons. The van der Waals surface area contributed by atoms with E-state index in [1.807, 2.05) is 24.3 Å². The normalized spacial score (nSPS) is 11.2. The van der Waals surface area contributed by atoms with Gasteiger partial charge in [0.1, 0.15) is 11.5 Å². The van der Waals surface area contributed by atoms with Gasteiger partial charge in [-0.3, -0.25) is 0 Å². The van der Waals surface area contributed by atoms with Crippen molar-refractivity contribution in [2.75, 3.05) is 14.2 Å². The number of benzene rings is 1. The molecule has 0 aliphatic rings. The van der Waals surface area contributed by atoms with Gasteiger partial charge in [-0.05, 0) is 30.5 Å². The molecule has 0 saturated heterocycles. The number of nitrogens with two attached hydrogens (primary N) is 1. The second-order valence-electron chi connectivity index (χ2n) is 3.62. The van der Waals surface area contributed by atoms with Crippen molar-refractivity contribution in [1.29, 1.82) is 0 Å². The molecule has 0 radical (unpaired) electrons. The highest BCUT2D eigenvalue weighted by Crippen LogP contribution is 2.27. The van der Waals surface area contributed by atoms with Crippen molar-refractivity contribution >= 4 is 12.4 Å². The molecule has 0 fully saturated rings. The van der Waals surface area contributed by atoms with Crippen LogP contribution in [0.1, 0.15) is 24.4 Å². The Kier molecular flexibility index (Phi) is 7.42. The van der Waals surface area contributed by atoms with Crippen molar-refractivity contribution in [3.05, 3.63) is 36.4 Å². The van der Waals surface area contributed by atoms with Gasteiger partial charge in [0.05, 0.1) is 14.2 Å². The Balaban J connectivity index is 0.00000256. The van der Waals surface area contributed by atoms with Crippen molar-refractivity contribution in [2.45, 2.75) is 18.9 Å². The Labute approximate surface area is 109 Å². The molecular weight excluding hydrogens is 238 g/mol. The molecule has 1 aromatic rings. The second kappa shape index (κ2) is 7.98. The third kappa shape index (κ3) is 4.67. The van der Waals surface area contributed by atoms with Crippen LogP contribution < -0.4 is 15.2 Å². The molecule has 0 aliphatic heterocycles. The van der Waals surface area contributed by atoms with E-state index in [0.717, 1.165) is 29.9 Å². The fourth-order valence-corrected chi connectivity index (χ4v) is 1.51. The summed E-state index contributed by atoms with van der Waals surface area (Å²) < 4.78 is 10.4. The molecular formula is C13H20ClNO2. The Morgan fingerprint density at radius 2 is 1.76 bits per heavy atom. The molecule has 17 heavy (non-hydrogen) atoms. The molecule has 1 rings (SSSR count). The van der Waals surface area contributed by atoms with Crippen LogP contribution in [-0.4, -0.2) is 14.2 Å². The standard InChI is InChI=1S/C13H19NO2.ClH/c1-4-5-6-13(14)10-7-11(15-2)9-12(8-10)16-3;/h4,7-9,13H,1,5-6,14H2,2-3H3;1H/t13-;/m1./s1. The molecule has 4 heteroatoms. The number of methoxy groups -OCH3 is 2. The fraction of sp³-hybridized carbons (Fsp3) is 0.385. The molecule has 0 aliphatic carbocycles. The predicted octanol–water partition coefficient (Wildman–Crippen LogP) is 3.09. The quantitative estimate of drug-likeness (QED) is 0.797. The van der Waals surface area contributed by atoms with Gasteiger partial charge in [0, 0.05) is 12.1 Å². The zero-order valence-electron chi connectivity index (χ0n) is 10.3. The molecule has 0 aromatic heterocycles. The lowest BCUT2D eigenvalue weighted by atomic mass is 10.0. The highest BCUT2D eigenvalue weighted by molar-refractivity contribution is 5.85. The first kappa shape index (κ1) is 15.8.